The minimum atomic E-state index is -0.764. The Morgan fingerprint density at radius 2 is 1.74 bits per heavy atom. The summed E-state index contributed by atoms with van der Waals surface area (Å²) < 4.78 is 6.31. The molecule has 34 heavy (non-hydrogen) atoms. The summed E-state index contributed by atoms with van der Waals surface area (Å²) in [5, 5.41) is 11.5. The molecular weight excluding hydrogens is 494 g/mol. The Kier molecular flexibility index (Phi) is 6.62. The minimum absolute atomic E-state index is 0.0687. The molecule has 0 aromatic heterocycles. The molecule has 1 aliphatic heterocycles. The number of methoxy groups -OCH3 is 1. The molecule has 0 aliphatic carbocycles. The van der Waals surface area contributed by atoms with Crippen LogP contribution in [-0.2, 0) is 9.59 Å². The SMILES string of the molecule is COc1cc(C)c(/C(O)=C2\C(=O)C(=O)N(c3cccc(Br)c3)C2c2ccccc2)cc1C(C)C. The number of Topliss-reactive ketones (excluding diaryl/α,β-unsaturated/α-hetero) is 1. The van der Waals surface area contributed by atoms with Gasteiger partial charge in [0.15, 0.2) is 0 Å². The topological polar surface area (TPSA) is 66.8 Å². The number of aryl methyl sites for hydroxylation is 1. The smallest absolute Gasteiger partial charge is 0.300 e. The van der Waals surface area contributed by atoms with E-state index in [2.05, 4.69) is 15.9 Å². The number of hydrogen-bond acceptors (Lipinski definition) is 4. The third kappa shape index (κ3) is 4.14. The predicted octanol–water partition coefficient (Wildman–Crippen LogP) is 6.52. The average molecular weight is 520 g/mol. The van der Waals surface area contributed by atoms with E-state index in [1.807, 2.05) is 75.4 Å². The quantitative estimate of drug-likeness (QED) is 0.237. The molecule has 5 nitrogen and oxygen atoms in total. The zero-order chi connectivity index (χ0) is 24.6. The molecule has 174 valence electrons. The van der Waals surface area contributed by atoms with Crippen molar-refractivity contribution in [1.29, 1.82) is 0 Å². The maximum atomic E-state index is 13.4. The van der Waals surface area contributed by atoms with Crippen LogP contribution in [0.5, 0.6) is 5.75 Å². The van der Waals surface area contributed by atoms with Crippen molar-refractivity contribution in [2.75, 3.05) is 12.0 Å². The van der Waals surface area contributed by atoms with Crippen molar-refractivity contribution in [3.63, 3.8) is 0 Å². The zero-order valence-electron chi connectivity index (χ0n) is 19.5. The molecule has 3 aromatic rings. The third-order valence-corrected chi connectivity index (χ3v) is 6.59. The van der Waals surface area contributed by atoms with Gasteiger partial charge >= 0.3 is 0 Å². The zero-order valence-corrected chi connectivity index (χ0v) is 21.1. The fraction of sp³-hybridized carbons (Fsp3) is 0.214. The largest absolute Gasteiger partial charge is 0.507 e. The molecule has 1 atom stereocenters. The van der Waals surface area contributed by atoms with Crippen LogP contribution >= 0.6 is 15.9 Å². The molecule has 1 fully saturated rings. The standard InChI is InChI=1S/C28H26BrNO4/c1-16(2)21-15-22(17(3)13-23(21)34-4)26(31)24-25(18-9-6-5-7-10-18)30(28(33)27(24)32)20-12-8-11-19(29)14-20/h5-16,25,31H,1-4H3/b26-24+. The number of amides is 1. The summed E-state index contributed by atoms with van der Waals surface area (Å²) in [6, 6.07) is 19.5. The van der Waals surface area contributed by atoms with Crippen LogP contribution in [0, 0.1) is 6.92 Å². The Morgan fingerprint density at radius 1 is 1.03 bits per heavy atom. The molecule has 1 N–H and O–H groups in total. The van der Waals surface area contributed by atoms with Gasteiger partial charge in [-0.2, -0.15) is 0 Å². The summed E-state index contributed by atoms with van der Waals surface area (Å²) in [4.78, 5) is 28.1. The molecule has 1 unspecified atom stereocenters. The maximum Gasteiger partial charge on any atom is 0.300 e. The number of nitrogens with zero attached hydrogens (tertiary/aromatic N) is 1. The van der Waals surface area contributed by atoms with Crippen LogP contribution in [0.4, 0.5) is 5.69 Å². The number of benzene rings is 3. The molecule has 0 spiro atoms. The number of aliphatic hydroxyl groups is 1. The monoisotopic (exact) mass is 519 g/mol. The van der Waals surface area contributed by atoms with Crippen LogP contribution in [-0.4, -0.2) is 23.9 Å². The van der Waals surface area contributed by atoms with Crippen molar-refractivity contribution >= 4 is 39.1 Å². The van der Waals surface area contributed by atoms with Gasteiger partial charge in [0.05, 0.1) is 18.7 Å². The number of aliphatic hydroxyl groups excluding tert-OH is 1. The Labute approximate surface area is 207 Å². The molecule has 1 saturated heterocycles. The van der Waals surface area contributed by atoms with E-state index in [1.165, 1.54) is 4.90 Å². The van der Waals surface area contributed by atoms with Crippen molar-refractivity contribution in [3.05, 3.63) is 99.0 Å². The number of rotatable bonds is 5. The number of anilines is 1. The van der Waals surface area contributed by atoms with Crippen LogP contribution in [0.1, 0.15) is 48.1 Å². The van der Waals surface area contributed by atoms with Gasteiger partial charge in [-0.1, -0.05) is 66.2 Å². The number of carbonyl (C=O) groups excluding carboxylic acids is 2. The first kappa shape index (κ1) is 23.8. The first-order chi connectivity index (χ1) is 16.2. The van der Waals surface area contributed by atoms with E-state index in [4.69, 9.17) is 4.74 Å². The van der Waals surface area contributed by atoms with Gasteiger partial charge in [0.25, 0.3) is 11.7 Å². The highest BCUT2D eigenvalue weighted by Crippen LogP contribution is 2.43. The molecule has 3 aromatic carbocycles. The number of ketones is 1. The molecule has 1 heterocycles. The fourth-order valence-electron chi connectivity index (χ4n) is 4.40. The second-order valence-corrected chi connectivity index (χ2v) is 9.54. The number of ether oxygens (including phenoxy) is 1. The second kappa shape index (κ2) is 9.47. The molecule has 4 rings (SSSR count). The van der Waals surface area contributed by atoms with Gasteiger partial charge < -0.3 is 9.84 Å². The third-order valence-electron chi connectivity index (χ3n) is 6.10. The second-order valence-electron chi connectivity index (χ2n) is 8.62. The van der Waals surface area contributed by atoms with Crippen LogP contribution in [0.15, 0.2) is 76.8 Å². The van der Waals surface area contributed by atoms with E-state index in [1.54, 1.807) is 19.2 Å². The molecular formula is C28H26BrNO4. The first-order valence-corrected chi connectivity index (χ1v) is 11.8. The van der Waals surface area contributed by atoms with Crippen molar-refractivity contribution in [1.82, 2.24) is 0 Å². The van der Waals surface area contributed by atoms with Crippen molar-refractivity contribution < 1.29 is 19.4 Å². The van der Waals surface area contributed by atoms with E-state index < -0.39 is 17.7 Å². The lowest BCUT2D eigenvalue weighted by Gasteiger charge is -2.26. The van der Waals surface area contributed by atoms with Crippen LogP contribution in [0.3, 0.4) is 0 Å². The van der Waals surface area contributed by atoms with Crippen LogP contribution in [0.25, 0.3) is 5.76 Å². The lowest BCUT2D eigenvalue weighted by molar-refractivity contribution is -0.132. The highest BCUT2D eigenvalue weighted by molar-refractivity contribution is 9.10. The summed E-state index contributed by atoms with van der Waals surface area (Å²) in [5.74, 6) is -0.725. The highest BCUT2D eigenvalue weighted by Gasteiger charge is 2.47. The van der Waals surface area contributed by atoms with Gasteiger partial charge in [-0.3, -0.25) is 14.5 Å². The molecule has 0 radical (unpaired) electrons. The van der Waals surface area contributed by atoms with Crippen LogP contribution < -0.4 is 9.64 Å². The normalized spacial score (nSPS) is 17.5. The fourth-order valence-corrected chi connectivity index (χ4v) is 4.79. The van der Waals surface area contributed by atoms with Crippen molar-refractivity contribution in [2.24, 2.45) is 0 Å². The first-order valence-electron chi connectivity index (χ1n) is 11.0. The number of hydrogen-bond donors (Lipinski definition) is 1. The summed E-state index contributed by atoms with van der Waals surface area (Å²) in [6.07, 6.45) is 0. The van der Waals surface area contributed by atoms with E-state index >= 15 is 0 Å². The van der Waals surface area contributed by atoms with Crippen molar-refractivity contribution in [2.45, 2.75) is 32.7 Å². The Hall–Kier alpha value is -3.38. The number of carbonyl (C=O) groups is 2. The minimum Gasteiger partial charge on any atom is -0.507 e. The van der Waals surface area contributed by atoms with Gasteiger partial charge in [-0.05, 0) is 59.9 Å². The van der Waals surface area contributed by atoms with Crippen LogP contribution in [0.2, 0.25) is 0 Å². The van der Waals surface area contributed by atoms with E-state index in [9.17, 15) is 14.7 Å². The molecule has 6 heteroatoms. The molecule has 0 saturated carbocycles. The summed E-state index contributed by atoms with van der Waals surface area (Å²) in [5.41, 5.74) is 3.54. The Morgan fingerprint density at radius 3 is 2.35 bits per heavy atom. The van der Waals surface area contributed by atoms with Gasteiger partial charge in [0, 0.05) is 15.7 Å². The maximum absolute atomic E-state index is 13.4. The number of halogens is 1. The molecule has 1 aliphatic rings. The van der Waals surface area contributed by atoms with Gasteiger partial charge in [0.2, 0.25) is 0 Å². The lowest BCUT2D eigenvalue weighted by atomic mass is 9.91. The summed E-state index contributed by atoms with van der Waals surface area (Å²) >= 11 is 3.45. The predicted molar refractivity (Wildman–Crippen MR) is 137 cm³/mol. The lowest BCUT2D eigenvalue weighted by Crippen LogP contribution is -2.29. The van der Waals surface area contributed by atoms with Gasteiger partial charge in [-0.15, -0.1) is 0 Å². The molecule has 0 bridgehead atoms. The summed E-state index contributed by atoms with van der Waals surface area (Å²) in [7, 11) is 1.61. The van der Waals surface area contributed by atoms with E-state index in [0.717, 1.165) is 26.9 Å². The van der Waals surface area contributed by atoms with Gasteiger partial charge in [-0.25, -0.2) is 0 Å². The highest BCUT2D eigenvalue weighted by atomic mass is 79.9. The molecule has 1 amide bonds. The Bertz CT molecular complexity index is 1300. The van der Waals surface area contributed by atoms with Gasteiger partial charge in [0.1, 0.15) is 11.5 Å². The van der Waals surface area contributed by atoms with Crippen molar-refractivity contribution in [3.8, 4) is 5.75 Å². The average Bonchev–Trinajstić information content (AvgIpc) is 3.09. The Balaban J connectivity index is 1.98. The summed E-state index contributed by atoms with van der Waals surface area (Å²) in [6.45, 7) is 5.92. The van der Waals surface area contributed by atoms with E-state index in [-0.39, 0.29) is 17.3 Å². The van der Waals surface area contributed by atoms with E-state index in [0.29, 0.717) is 11.3 Å².